The molecule has 0 spiro atoms. The zero-order chi connectivity index (χ0) is 11.6. The summed E-state index contributed by atoms with van der Waals surface area (Å²) in [5, 5.41) is 0. The number of aromatic nitrogens is 1. The molecule has 0 aliphatic rings. The van der Waals surface area contributed by atoms with E-state index in [0.29, 0.717) is 0 Å². The predicted molar refractivity (Wildman–Crippen MR) is 47.7 cm³/mol. The molecule has 1 aromatic heterocycles. The van der Waals surface area contributed by atoms with E-state index >= 15 is 0 Å². The van der Waals surface area contributed by atoms with Crippen LogP contribution in [0.5, 0.6) is 0 Å². The van der Waals surface area contributed by atoms with Crippen LogP contribution in [0, 0.1) is 0 Å². The number of halogens is 1. The maximum Gasteiger partial charge on any atom is 0.311 e. The molecular formula is C8H8BrNO2. The molecule has 0 fully saturated rings. The molecule has 0 bridgehead atoms. The molecule has 12 heavy (non-hydrogen) atoms. The van der Waals surface area contributed by atoms with Gasteiger partial charge in [0.25, 0.3) is 0 Å². The second kappa shape index (κ2) is 4.21. The van der Waals surface area contributed by atoms with Gasteiger partial charge in [-0.25, -0.2) is 0 Å². The van der Waals surface area contributed by atoms with Crippen LogP contribution in [0.25, 0.3) is 0 Å². The number of hydrogen-bond donors (Lipinski definition) is 0. The van der Waals surface area contributed by atoms with Crippen LogP contribution in [0.2, 0.25) is 0 Å². The Morgan fingerprint density at radius 1 is 1.92 bits per heavy atom. The molecule has 0 saturated carbocycles. The van der Waals surface area contributed by atoms with Crippen molar-refractivity contribution in [3.8, 4) is 0 Å². The van der Waals surface area contributed by atoms with E-state index in [1.165, 1.54) is 7.11 Å². The Morgan fingerprint density at radius 3 is 3.33 bits per heavy atom. The van der Waals surface area contributed by atoms with Crippen LogP contribution >= 0.6 is 15.9 Å². The van der Waals surface area contributed by atoms with Gasteiger partial charge in [-0.1, -0.05) is 15.9 Å². The third kappa shape index (κ3) is 2.62. The minimum atomic E-state index is -0.528. The van der Waals surface area contributed by atoms with E-state index in [1.54, 1.807) is 0 Å². The summed E-state index contributed by atoms with van der Waals surface area (Å²) in [4.78, 5) is 14.7. The molecular weight excluding hydrogens is 222 g/mol. The normalized spacial score (nSPS) is 13.0. The van der Waals surface area contributed by atoms with Crippen molar-refractivity contribution in [3.05, 3.63) is 28.4 Å². The Balaban J connectivity index is 3.15. The summed E-state index contributed by atoms with van der Waals surface area (Å²) in [7, 11) is 1.24. The summed E-state index contributed by atoms with van der Waals surface area (Å²) in [5.41, 5.74) is 0.134. The van der Waals surface area contributed by atoms with Crippen molar-refractivity contribution < 1.29 is 13.6 Å². The third-order valence-electron chi connectivity index (χ3n) is 1.15. The monoisotopic (exact) mass is 232 g/mol. The molecule has 64 valence electrons. The van der Waals surface area contributed by atoms with Crippen LogP contribution in [0.1, 0.15) is 9.81 Å². The number of ether oxygens (including phenoxy) is 1. The second-order valence-electron chi connectivity index (χ2n) is 1.99. The Bertz CT molecular complexity index is 411. The van der Waals surface area contributed by atoms with Crippen LogP contribution < -0.4 is 0 Å². The largest absolute Gasteiger partial charge is 0.469 e. The van der Waals surface area contributed by atoms with Crippen LogP contribution in [0.4, 0.5) is 0 Å². The Kier molecular flexibility index (Phi) is 2.00. The molecule has 0 atom stereocenters. The van der Waals surface area contributed by atoms with E-state index in [2.05, 4.69) is 25.7 Å². The first-order valence-electron chi connectivity index (χ1n) is 4.66. The smallest absolute Gasteiger partial charge is 0.311 e. The van der Waals surface area contributed by atoms with Gasteiger partial charge in [-0.05, 0) is 12.1 Å². The maximum atomic E-state index is 11.0. The van der Waals surface area contributed by atoms with Crippen molar-refractivity contribution in [2.45, 2.75) is 6.42 Å². The van der Waals surface area contributed by atoms with Crippen molar-refractivity contribution in [3.63, 3.8) is 0 Å². The SMILES string of the molecule is [2H]c1nc(CC(=O)OC)c([2H])c(Br)c1[2H]. The number of carbonyl (C=O) groups excluding carboxylic acids is 1. The lowest BCUT2D eigenvalue weighted by molar-refractivity contribution is -0.139. The first-order chi connectivity index (χ1) is 6.97. The number of methoxy groups -OCH3 is 1. The first kappa shape index (κ1) is 5.70. The lowest BCUT2D eigenvalue weighted by Crippen LogP contribution is -2.05. The molecule has 1 aromatic rings. The zero-order valence-electron chi connectivity index (χ0n) is 9.35. The summed E-state index contributed by atoms with van der Waals surface area (Å²) < 4.78 is 26.9. The molecule has 3 nitrogen and oxygen atoms in total. The van der Waals surface area contributed by atoms with Gasteiger partial charge in [-0.15, -0.1) is 0 Å². The second-order valence-corrected chi connectivity index (χ2v) is 2.78. The minimum absolute atomic E-state index is 0.0543. The number of rotatable bonds is 2. The third-order valence-corrected chi connectivity index (χ3v) is 1.55. The van der Waals surface area contributed by atoms with Crippen molar-refractivity contribution in [1.82, 2.24) is 4.98 Å². The van der Waals surface area contributed by atoms with Gasteiger partial charge in [-0.2, -0.15) is 0 Å². The van der Waals surface area contributed by atoms with Crippen LogP contribution in [-0.2, 0) is 16.0 Å². The van der Waals surface area contributed by atoms with Gasteiger partial charge in [0.05, 0.1) is 23.3 Å². The molecule has 0 aliphatic heterocycles. The predicted octanol–water partition coefficient (Wildman–Crippen LogP) is 1.56. The fraction of sp³-hybridized carbons (Fsp3) is 0.250. The van der Waals surface area contributed by atoms with Crippen molar-refractivity contribution in [2.75, 3.05) is 7.11 Å². The number of carbonyl (C=O) groups is 1. The van der Waals surface area contributed by atoms with Gasteiger partial charge in [0, 0.05) is 10.6 Å². The van der Waals surface area contributed by atoms with Gasteiger partial charge in [0.2, 0.25) is 0 Å². The van der Waals surface area contributed by atoms with Gasteiger partial charge in [0.1, 0.15) is 0 Å². The summed E-state index contributed by atoms with van der Waals surface area (Å²) in [6, 6.07) is -0.213. The highest BCUT2D eigenvalue weighted by Crippen LogP contribution is 2.09. The molecule has 0 radical (unpaired) electrons. The lowest BCUT2D eigenvalue weighted by Gasteiger charge is -1.98. The molecule has 0 aliphatic carbocycles. The number of pyridine rings is 1. The first-order valence-corrected chi connectivity index (χ1v) is 3.95. The van der Waals surface area contributed by atoms with E-state index in [9.17, 15) is 4.79 Å². The van der Waals surface area contributed by atoms with Gasteiger partial charge in [0.15, 0.2) is 0 Å². The highest BCUT2D eigenvalue weighted by atomic mass is 79.9. The molecule has 0 unspecified atom stereocenters. The highest BCUT2D eigenvalue weighted by Gasteiger charge is 2.03. The topological polar surface area (TPSA) is 39.2 Å². The van der Waals surface area contributed by atoms with Gasteiger partial charge >= 0.3 is 5.97 Å². The molecule has 0 saturated heterocycles. The maximum absolute atomic E-state index is 11.0. The van der Waals surface area contributed by atoms with Crippen LogP contribution in [-0.4, -0.2) is 18.1 Å². The fourth-order valence-corrected chi connectivity index (χ4v) is 0.941. The van der Waals surface area contributed by atoms with Gasteiger partial charge < -0.3 is 4.74 Å². The molecule has 4 heteroatoms. The number of hydrogen-bond acceptors (Lipinski definition) is 3. The summed E-state index contributed by atoms with van der Waals surface area (Å²) >= 11 is 3.01. The molecule has 0 amide bonds. The lowest BCUT2D eigenvalue weighted by atomic mass is 10.3. The standard InChI is InChI=1S/C8H8BrNO2/c1-12-8(11)5-7-4-6(9)2-3-10-7/h2-4H,5H2,1H3/i2D,3D,4D. The molecule has 1 heterocycles. The van der Waals surface area contributed by atoms with Crippen molar-refractivity contribution in [2.24, 2.45) is 0 Å². The van der Waals surface area contributed by atoms with E-state index in [-0.39, 0.29) is 34.8 Å². The summed E-state index contributed by atoms with van der Waals surface area (Å²) in [5.74, 6) is -0.528. The van der Waals surface area contributed by atoms with Crippen molar-refractivity contribution in [1.29, 1.82) is 0 Å². The number of nitrogens with zero attached hydrogens (tertiary/aromatic N) is 1. The zero-order valence-corrected chi connectivity index (χ0v) is 7.93. The van der Waals surface area contributed by atoms with E-state index in [4.69, 9.17) is 4.11 Å². The van der Waals surface area contributed by atoms with Crippen molar-refractivity contribution >= 4 is 21.9 Å². The number of esters is 1. The van der Waals surface area contributed by atoms with Gasteiger partial charge in [-0.3, -0.25) is 9.78 Å². The minimum Gasteiger partial charge on any atom is -0.469 e. The average Bonchev–Trinajstić information content (AvgIpc) is 2.22. The Hall–Kier alpha value is -0.900. The van der Waals surface area contributed by atoms with E-state index in [0.717, 1.165) is 0 Å². The Labute approximate surface area is 83.1 Å². The fourth-order valence-electron chi connectivity index (χ4n) is 0.623. The quantitative estimate of drug-likeness (QED) is 0.727. The summed E-state index contributed by atoms with van der Waals surface area (Å²) in [6.07, 6.45) is -0.433. The van der Waals surface area contributed by atoms with Crippen LogP contribution in [0.15, 0.2) is 22.7 Å². The molecule has 0 N–H and O–H groups in total. The molecule has 0 aromatic carbocycles. The van der Waals surface area contributed by atoms with Crippen LogP contribution in [0.3, 0.4) is 0 Å². The summed E-state index contributed by atoms with van der Waals surface area (Å²) in [6.45, 7) is 0. The highest BCUT2D eigenvalue weighted by molar-refractivity contribution is 9.10. The molecule has 1 rings (SSSR count). The van der Waals surface area contributed by atoms with E-state index in [1.807, 2.05) is 0 Å². The average molecular weight is 233 g/mol. The Morgan fingerprint density at radius 2 is 2.67 bits per heavy atom. The van der Waals surface area contributed by atoms with E-state index < -0.39 is 5.97 Å².